The van der Waals surface area contributed by atoms with Crippen molar-refractivity contribution >= 4 is 21.6 Å². The molecule has 0 spiro atoms. The van der Waals surface area contributed by atoms with E-state index in [1.807, 2.05) is 5.51 Å². The van der Waals surface area contributed by atoms with Crippen LogP contribution in [0.15, 0.2) is 23.7 Å². The summed E-state index contributed by atoms with van der Waals surface area (Å²) in [5.41, 5.74) is 4.38. The molecule has 2 aromatic rings. The molecule has 0 bridgehead atoms. The summed E-state index contributed by atoms with van der Waals surface area (Å²) >= 11 is 1.70. The van der Waals surface area contributed by atoms with Gasteiger partial charge in [0.15, 0.2) is 0 Å². The van der Waals surface area contributed by atoms with Crippen LogP contribution in [0, 0.1) is 0 Å². The van der Waals surface area contributed by atoms with E-state index in [1.165, 1.54) is 10.3 Å². The molecule has 3 nitrogen and oxygen atoms in total. The summed E-state index contributed by atoms with van der Waals surface area (Å²) in [7, 11) is 2.19. The van der Waals surface area contributed by atoms with E-state index in [9.17, 15) is 0 Å². The van der Waals surface area contributed by atoms with Gasteiger partial charge in [0.1, 0.15) is 0 Å². The van der Waals surface area contributed by atoms with Gasteiger partial charge in [-0.05, 0) is 31.7 Å². The summed E-state index contributed by atoms with van der Waals surface area (Å²) < 4.78 is 1.27. The van der Waals surface area contributed by atoms with Crippen molar-refractivity contribution < 1.29 is 0 Å². The average molecular weight is 247 g/mol. The molecule has 90 valence electrons. The Morgan fingerprint density at radius 3 is 3.18 bits per heavy atom. The molecule has 0 amide bonds. The molecular formula is C13H17N3S. The molecule has 1 aliphatic rings. The second-order valence-corrected chi connectivity index (χ2v) is 5.72. The summed E-state index contributed by atoms with van der Waals surface area (Å²) in [6.45, 7) is 4.37. The lowest BCUT2D eigenvalue weighted by atomic mass is 10.0. The number of thiazole rings is 1. The smallest absolute Gasteiger partial charge is 0.0815 e. The van der Waals surface area contributed by atoms with Crippen molar-refractivity contribution in [2.24, 2.45) is 0 Å². The Morgan fingerprint density at radius 1 is 1.47 bits per heavy atom. The molecule has 0 radical (unpaired) electrons. The van der Waals surface area contributed by atoms with Crippen LogP contribution in [-0.2, 0) is 0 Å². The first-order chi connectivity index (χ1) is 8.24. The number of hydrogen-bond acceptors (Lipinski definition) is 4. The van der Waals surface area contributed by atoms with Crippen molar-refractivity contribution in [1.82, 2.24) is 15.2 Å². The minimum Gasteiger partial charge on any atom is -0.307 e. The summed E-state index contributed by atoms with van der Waals surface area (Å²) in [6.07, 6.45) is 0. The zero-order valence-electron chi connectivity index (χ0n) is 10.2. The summed E-state index contributed by atoms with van der Waals surface area (Å²) in [5, 5.41) is 3.61. The van der Waals surface area contributed by atoms with Crippen LogP contribution in [0.25, 0.3) is 10.2 Å². The fraction of sp³-hybridized carbons (Fsp3) is 0.462. The van der Waals surface area contributed by atoms with E-state index in [0.29, 0.717) is 12.1 Å². The number of hydrogen-bond donors (Lipinski definition) is 1. The number of fused-ring (bicyclic) bond motifs is 1. The number of aromatic nitrogens is 1. The molecule has 0 saturated carbocycles. The lowest BCUT2D eigenvalue weighted by Crippen LogP contribution is -2.49. The van der Waals surface area contributed by atoms with Crippen LogP contribution < -0.4 is 5.32 Å². The molecule has 1 fully saturated rings. The van der Waals surface area contributed by atoms with Crippen molar-refractivity contribution in [3.8, 4) is 0 Å². The molecule has 1 saturated heterocycles. The predicted octanol–water partition coefficient (Wildman–Crippen LogP) is 2.26. The molecule has 2 unspecified atom stereocenters. The fourth-order valence-electron chi connectivity index (χ4n) is 2.32. The summed E-state index contributed by atoms with van der Waals surface area (Å²) in [4.78, 5) is 6.79. The van der Waals surface area contributed by atoms with Crippen molar-refractivity contribution in [3.63, 3.8) is 0 Å². The van der Waals surface area contributed by atoms with Gasteiger partial charge < -0.3 is 10.2 Å². The maximum absolute atomic E-state index is 4.39. The third-order valence-electron chi connectivity index (χ3n) is 3.64. The van der Waals surface area contributed by atoms with Gasteiger partial charge >= 0.3 is 0 Å². The molecular weight excluding hydrogens is 230 g/mol. The second kappa shape index (κ2) is 4.37. The van der Waals surface area contributed by atoms with Gasteiger partial charge in [0.05, 0.1) is 15.7 Å². The first-order valence-corrected chi connectivity index (χ1v) is 6.89. The number of likely N-dealkylation sites (N-methyl/N-ethyl adjacent to an activating group) is 1. The van der Waals surface area contributed by atoms with E-state index in [0.717, 1.165) is 18.6 Å². The van der Waals surface area contributed by atoms with Crippen molar-refractivity contribution in [2.45, 2.75) is 19.0 Å². The van der Waals surface area contributed by atoms with Gasteiger partial charge in [-0.2, -0.15) is 0 Å². The predicted molar refractivity (Wildman–Crippen MR) is 72.5 cm³/mol. The monoisotopic (exact) mass is 247 g/mol. The first kappa shape index (κ1) is 11.1. The molecule has 1 aliphatic heterocycles. The molecule has 17 heavy (non-hydrogen) atoms. The Hall–Kier alpha value is -0.970. The maximum atomic E-state index is 4.39. The second-order valence-electron chi connectivity index (χ2n) is 4.83. The first-order valence-electron chi connectivity index (χ1n) is 6.01. The van der Waals surface area contributed by atoms with Crippen LogP contribution >= 0.6 is 11.3 Å². The maximum Gasteiger partial charge on any atom is 0.0815 e. The van der Waals surface area contributed by atoms with Gasteiger partial charge in [-0.15, -0.1) is 11.3 Å². The van der Waals surface area contributed by atoms with Gasteiger partial charge in [0, 0.05) is 25.2 Å². The highest BCUT2D eigenvalue weighted by Crippen LogP contribution is 2.24. The zero-order chi connectivity index (χ0) is 11.8. The Kier molecular flexibility index (Phi) is 2.86. The SMILES string of the molecule is CC1CNC(c2ccc3scnc3c2)CN1C. The molecule has 1 N–H and O–H groups in total. The minimum absolute atomic E-state index is 0.433. The highest BCUT2D eigenvalue weighted by molar-refractivity contribution is 7.16. The number of nitrogens with one attached hydrogen (secondary N) is 1. The van der Waals surface area contributed by atoms with Gasteiger partial charge in [0.2, 0.25) is 0 Å². The third-order valence-corrected chi connectivity index (χ3v) is 4.45. The van der Waals surface area contributed by atoms with E-state index < -0.39 is 0 Å². The lowest BCUT2D eigenvalue weighted by molar-refractivity contribution is 0.176. The number of piperazine rings is 1. The standard InChI is InChI=1S/C13H17N3S/c1-9-6-14-12(7-16(9)2)10-3-4-13-11(5-10)15-8-17-13/h3-5,8-9,12,14H,6-7H2,1-2H3. The molecule has 2 atom stereocenters. The van der Waals surface area contributed by atoms with E-state index in [1.54, 1.807) is 11.3 Å². The third kappa shape index (κ3) is 2.08. The molecule has 1 aromatic carbocycles. The highest BCUT2D eigenvalue weighted by Gasteiger charge is 2.23. The van der Waals surface area contributed by atoms with E-state index in [2.05, 4.69) is 47.4 Å². The van der Waals surface area contributed by atoms with Gasteiger partial charge in [-0.1, -0.05) is 6.07 Å². The van der Waals surface area contributed by atoms with E-state index in [4.69, 9.17) is 0 Å². The number of benzene rings is 1. The number of rotatable bonds is 1. The van der Waals surface area contributed by atoms with Crippen molar-refractivity contribution in [2.75, 3.05) is 20.1 Å². The Balaban J connectivity index is 1.88. The average Bonchev–Trinajstić information content (AvgIpc) is 2.79. The number of nitrogens with zero attached hydrogens (tertiary/aromatic N) is 2. The molecule has 2 heterocycles. The molecule has 3 rings (SSSR count). The topological polar surface area (TPSA) is 28.2 Å². The van der Waals surface area contributed by atoms with E-state index >= 15 is 0 Å². The van der Waals surface area contributed by atoms with Gasteiger partial charge in [-0.3, -0.25) is 0 Å². The van der Waals surface area contributed by atoms with Crippen LogP contribution in [-0.4, -0.2) is 36.1 Å². The van der Waals surface area contributed by atoms with Crippen molar-refractivity contribution in [3.05, 3.63) is 29.3 Å². The van der Waals surface area contributed by atoms with E-state index in [-0.39, 0.29) is 0 Å². The van der Waals surface area contributed by atoms with Crippen LogP contribution in [0.4, 0.5) is 0 Å². The normalized spacial score (nSPS) is 26.5. The minimum atomic E-state index is 0.433. The fourth-order valence-corrected chi connectivity index (χ4v) is 2.97. The summed E-state index contributed by atoms with van der Waals surface area (Å²) in [6, 6.07) is 7.67. The lowest BCUT2D eigenvalue weighted by Gasteiger charge is -2.36. The van der Waals surface area contributed by atoms with Crippen LogP contribution in [0.3, 0.4) is 0 Å². The largest absolute Gasteiger partial charge is 0.307 e. The molecule has 0 aliphatic carbocycles. The Morgan fingerprint density at radius 2 is 2.35 bits per heavy atom. The summed E-state index contributed by atoms with van der Waals surface area (Å²) in [5.74, 6) is 0. The molecule has 4 heteroatoms. The highest BCUT2D eigenvalue weighted by atomic mass is 32.1. The van der Waals surface area contributed by atoms with Crippen LogP contribution in [0.1, 0.15) is 18.5 Å². The van der Waals surface area contributed by atoms with Gasteiger partial charge in [0.25, 0.3) is 0 Å². The Labute approximate surface area is 105 Å². The Bertz CT molecular complexity index is 522. The zero-order valence-corrected chi connectivity index (χ0v) is 11.0. The quantitative estimate of drug-likeness (QED) is 0.838. The molecule has 1 aromatic heterocycles. The van der Waals surface area contributed by atoms with Crippen LogP contribution in [0.5, 0.6) is 0 Å². The van der Waals surface area contributed by atoms with Crippen LogP contribution in [0.2, 0.25) is 0 Å². The van der Waals surface area contributed by atoms with Crippen molar-refractivity contribution in [1.29, 1.82) is 0 Å². The van der Waals surface area contributed by atoms with Gasteiger partial charge in [-0.25, -0.2) is 4.98 Å².